The molecule has 5 rings (SSSR count). The fourth-order valence-electron chi connectivity index (χ4n) is 4.05. The lowest BCUT2D eigenvalue weighted by Crippen LogP contribution is -2.40. The van der Waals surface area contributed by atoms with Gasteiger partial charge < -0.3 is 16.0 Å². The molecule has 11 heteroatoms. The third kappa shape index (κ3) is 4.73. The van der Waals surface area contributed by atoms with Gasteiger partial charge in [0.1, 0.15) is 0 Å². The van der Waals surface area contributed by atoms with Gasteiger partial charge in [0, 0.05) is 43.8 Å². The summed E-state index contributed by atoms with van der Waals surface area (Å²) < 4.78 is 7.41. The largest absolute Gasteiger partial charge is 0.372 e. The molecule has 3 aromatic rings. The number of imidazole rings is 1. The normalized spacial score (nSPS) is 21.4. The van der Waals surface area contributed by atoms with E-state index < -0.39 is 0 Å². The monoisotopic (exact) mass is 441 g/mol. The second-order valence-corrected chi connectivity index (χ2v) is 8.60. The summed E-state index contributed by atoms with van der Waals surface area (Å²) in [4.78, 5) is 20.1. The minimum Gasteiger partial charge on any atom is -0.372 e. The standard InChI is InChI=1S/C19H24N8S.CH3NO/c1-25-6-3-4-13(11-25)15-8-17(28-24-15)23-18-19-21-10-16(27(19)7-5-20-18)14-9-22-26(2)12-14;2-1-3/h5,7-10,12-13,15,24H,3-4,6,11H2,1-2H3,(H,20,23);1H,(H2,2,3). The summed E-state index contributed by atoms with van der Waals surface area (Å²) in [5, 5.41) is 8.82. The SMILES string of the molecule is CN1CCCC(C2C=C(Nc3nccn4c(-c5cnn(C)c5)cnc34)SN2)C1.NC=O. The fraction of sp³-hybridized carbons (Fsp3) is 0.400. The van der Waals surface area contributed by atoms with Crippen LogP contribution >= 0.6 is 11.9 Å². The number of nitrogens with two attached hydrogens (primary N) is 1. The molecule has 2 aliphatic rings. The highest BCUT2D eigenvalue weighted by Crippen LogP contribution is 2.31. The first-order chi connectivity index (χ1) is 15.1. The van der Waals surface area contributed by atoms with E-state index in [2.05, 4.69) is 48.9 Å². The maximum Gasteiger partial charge on any atom is 0.204 e. The van der Waals surface area contributed by atoms with Gasteiger partial charge in [0.25, 0.3) is 0 Å². The number of aryl methyl sites for hydroxylation is 1. The highest BCUT2D eigenvalue weighted by Gasteiger charge is 2.28. The second-order valence-electron chi connectivity index (χ2n) is 7.72. The predicted octanol–water partition coefficient (Wildman–Crippen LogP) is 1.45. The number of rotatable bonds is 4. The smallest absolute Gasteiger partial charge is 0.204 e. The van der Waals surface area contributed by atoms with Crippen LogP contribution in [0.15, 0.2) is 42.1 Å². The molecule has 164 valence electrons. The van der Waals surface area contributed by atoms with Crippen LogP contribution in [0.25, 0.3) is 16.9 Å². The summed E-state index contributed by atoms with van der Waals surface area (Å²) in [5.41, 5.74) is 7.01. The minimum atomic E-state index is 0.250. The van der Waals surface area contributed by atoms with Crippen LogP contribution in [0.2, 0.25) is 0 Å². The molecule has 0 aliphatic carbocycles. The summed E-state index contributed by atoms with van der Waals surface area (Å²) in [5.74, 6) is 1.41. The molecule has 2 unspecified atom stereocenters. The Balaban J connectivity index is 0.000000730. The van der Waals surface area contributed by atoms with Gasteiger partial charge in [-0.05, 0) is 50.4 Å². The van der Waals surface area contributed by atoms with Gasteiger partial charge in [0.15, 0.2) is 11.5 Å². The van der Waals surface area contributed by atoms with Crippen LogP contribution in [0, 0.1) is 5.92 Å². The first-order valence-electron chi connectivity index (χ1n) is 10.1. The molecule has 3 aromatic heterocycles. The van der Waals surface area contributed by atoms with E-state index in [1.54, 1.807) is 22.8 Å². The van der Waals surface area contributed by atoms with Crippen molar-refractivity contribution in [2.75, 3.05) is 25.5 Å². The Morgan fingerprint density at radius 3 is 2.90 bits per heavy atom. The summed E-state index contributed by atoms with van der Waals surface area (Å²) in [6, 6.07) is 0.390. The number of piperidine rings is 1. The molecule has 2 atom stereocenters. The van der Waals surface area contributed by atoms with Crippen molar-refractivity contribution in [3.05, 3.63) is 42.1 Å². The Labute approximate surface area is 185 Å². The highest BCUT2D eigenvalue weighted by atomic mass is 32.2. The number of amides is 1. The van der Waals surface area contributed by atoms with Crippen molar-refractivity contribution < 1.29 is 4.79 Å². The fourth-order valence-corrected chi connectivity index (χ4v) is 4.94. The summed E-state index contributed by atoms with van der Waals surface area (Å²) in [7, 11) is 4.12. The molecular formula is C20H27N9OS. The molecule has 1 fully saturated rings. The number of anilines is 1. The molecule has 0 spiro atoms. The number of fused-ring (bicyclic) bond motifs is 1. The summed E-state index contributed by atoms with van der Waals surface area (Å²) in [6.45, 7) is 2.35. The quantitative estimate of drug-likeness (QED) is 0.411. The van der Waals surface area contributed by atoms with Crippen LogP contribution in [0.3, 0.4) is 0 Å². The Morgan fingerprint density at radius 1 is 1.32 bits per heavy atom. The maximum absolute atomic E-state index is 8.58. The lowest BCUT2D eigenvalue weighted by atomic mass is 9.91. The van der Waals surface area contributed by atoms with Crippen molar-refractivity contribution in [3.8, 4) is 11.3 Å². The van der Waals surface area contributed by atoms with Gasteiger partial charge in [-0.15, -0.1) is 0 Å². The van der Waals surface area contributed by atoms with Gasteiger partial charge in [-0.3, -0.25) is 18.6 Å². The molecule has 2 aliphatic heterocycles. The zero-order chi connectivity index (χ0) is 21.8. The second kappa shape index (κ2) is 9.50. The molecule has 1 amide bonds. The van der Waals surface area contributed by atoms with Crippen LogP contribution in [0.1, 0.15) is 12.8 Å². The average molecular weight is 442 g/mol. The Bertz CT molecular complexity index is 1080. The number of carbonyl (C=O) groups is 1. The van der Waals surface area contributed by atoms with E-state index in [1.165, 1.54) is 19.4 Å². The number of nitrogens with zero attached hydrogens (tertiary/aromatic N) is 6. The molecule has 10 nitrogen and oxygen atoms in total. The Hall–Kier alpha value is -2.89. The number of hydrogen-bond donors (Lipinski definition) is 3. The van der Waals surface area contributed by atoms with E-state index >= 15 is 0 Å². The Kier molecular flexibility index (Phi) is 6.54. The number of primary amides is 1. The summed E-state index contributed by atoms with van der Waals surface area (Å²) in [6.07, 6.45) is 14.5. The van der Waals surface area contributed by atoms with Gasteiger partial charge in [-0.2, -0.15) is 5.10 Å². The maximum atomic E-state index is 8.58. The molecule has 0 radical (unpaired) electrons. The molecule has 1 saturated heterocycles. The van der Waals surface area contributed by atoms with Gasteiger partial charge >= 0.3 is 0 Å². The summed E-state index contributed by atoms with van der Waals surface area (Å²) >= 11 is 1.65. The van der Waals surface area contributed by atoms with E-state index in [9.17, 15) is 0 Å². The van der Waals surface area contributed by atoms with Gasteiger partial charge in [-0.25, -0.2) is 9.97 Å². The van der Waals surface area contributed by atoms with Crippen molar-refractivity contribution in [1.82, 2.24) is 33.8 Å². The van der Waals surface area contributed by atoms with Gasteiger partial charge in [0.2, 0.25) is 6.41 Å². The van der Waals surface area contributed by atoms with Crippen molar-refractivity contribution in [2.24, 2.45) is 18.7 Å². The van der Waals surface area contributed by atoms with Crippen molar-refractivity contribution in [3.63, 3.8) is 0 Å². The molecule has 0 bridgehead atoms. The topological polar surface area (TPSA) is 118 Å². The van der Waals surface area contributed by atoms with Crippen molar-refractivity contribution >= 4 is 29.8 Å². The van der Waals surface area contributed by atoms with Crippen LogP contribution < -0.4 is 15.8 Å². The highest BCUT2D eigenvalue weighted by molar-refractivity contribution is 8.01. The first-order valence-corrected chi connectivity index (χ1v) is 11.0. The predicted molar refractivity (Wildman–Crippen MR) is 122 cm³/mol. The minimum absolute atomic E-state index is 0.250. The molecule has 0 aromatic carbocycles. The van der Waals surface area contributed by atoms with Crippen LogP contribution in [-0.2, 0) is 11.8 Å². The number of aromatic nitrogens is 5. The van der Waals surface area contributed by atoms with E-state index in [4.69, 9.17) is 4.79 Å². The van der Waals surface area contributed by atoms with Gasteiger partial charge in [-0.1, -0.05) is 0 Å². The first kappa shape index (κ1) is 21.3. The van der Waals surface area contributed by atoms with Crippen molar-refractivity contribution in [2.45, 2.75) is 18.9 Å². The van der Waals surface area contributed by atoms with E-state index in [-0.39, 0.29) is 6.41 Å². The Morgan fingerprint density at radius 2 is 2.16 bits per heavy atom. The molecule has 31 heavy (non-hydrogen) atoms. The van der Waals surface area contributed by atoms with E-state index in [0.29, 0.717) is 12.0 Å². The van der Waals surface area contributed by atoms with Gasteiger partial charge in [0.05, 0.1) is 23.1 Å². The zero-order valence-corrected chi connectivity index (χ0v) is 18.4. The third-order valence-corrected chi connectivity index (χ3v) is 6.32. The number of hydrogen-bond acceptors (Lipinski definition) is 8. The molecule has 0 saturated carbocycles. The number of nitrogens with one attached hydrogen (secondary N) is 2. The van der Waals surface area contributed by atoms with Crippen LogP contribution in [0.4, 0.5) is 5.82 Å². The lowest BCUT2D eigenvalue weighted by Gasteiger charge is -2.32. The van der Waals surface area contributed by atoms with Crippen molar-refractivity contribution in [1.29, 1.82) is 0 Å². The van der Waals surface area contributed by atoms with Crippen LogP contribution in [0.5, 0.6) is 0 Å². The molecule has 5 heterocycles. The average Bonchev–Trinajstić information content (AvgIpc) is 3.48. The van der Waals surface area contributed by atoms with Crippen LogP contribution in [-0.4, -0.2) is 61.6 Å². The molecular weight excluding hydrogens is 414 g/mol. The van der Waals surface area contributed by atoms with E-state index in [0.717, 1.165) is 34.3 Å². The third-order valence-electron chi connectivity index (χ3n) is 5.47. The zero-order valence-electron chi connectivity index (χ0n) is 17.6. The van der Waals surface area contributed by atoms with E-state index in [1.807, 2.05) is 36.2 Å². The lowest BCUT2D eigenvalue weighted by molar-refractivity contribution is -0.106. The number of carbonyl (C=O) groups excluding carboxylic acids is 1. The number of likely N-dealkylation sites (tertiary alicyclic amines) is 1. The molecule has 4 N–H and O–H groups in total.